The van der Waals surface area contributed by atoms with Crippen molar-refractivity contribution in [2.45, 2.75) is 25.6 Å². The zero-order chi connectivity index (χ0) is 16.7. The molecule has 2 rings (SSSR count). The van der Waals surface area contributed by atoms with Crippen molar-refractivity contribution in [2.24, 2.45) is 0 Å². The number of carbonyl (C=O) groups is 2. The molecule has 23 heavy (non-hydrogen) atoms. The Morgan fingerprint density at radius 2 is 2.09 bits per heavy atom. The second-order valence-electron chi connectivity index (χ2n) is 5.63. The van der Waals surface area contributed by atoms with Gasteiger partial charge in [0.05, 0.1) is 13.2 Å². The predicted molar refractivity (Wildman–Crippen MR) is 92.3 cm³/mol. The maximum atomic E-state index is 12.2. The predicted octanol–water partition coefficient (Wildman–Crippen LogP) is 1.59. The number of nitrogens with one attached hydrogen (secondary N) is 1. The first kappa shape index (κ1) is 17.8. The number of benzene rings is 1. The molecule has 2 amide bonds. The van der Waals surface area contributed by atoms with Crippen LogP contribution in [0.2, 0.25) is 0 Å². The molecule has 0 bridgehead atoms. The van der Waals surface area contributed by atoms with Gasteiger partial charge in [-0.1, -0.05) is 29.8 Å². The molecule has 0 radical (unpaired) electrons. The average molecular weight is 336 g/mol. The van der Waals surface area contributed by atoms with Crippen molar-refractivity contribution < 1.29 is 14.3 Å². The molecule has 1 unspecified atom stereocenters. The summed E-state index contributed by atoms with van der Waals surface area (Å²) in [4.78, 5) is 25.3. The lowest BCUT2D eigenvalue weighted by Crippen LogP contribution is -2.55. The maximum Gasteiger partial charge on any atom is 0.245 e. The van der Waals surface area contributed by atoms with E-state index in [-0.39, 0.29) is 18.4 Å². The minimum Gasteiger partial charge on any atom is -0.377 e. The van der Waals surface area contributed by atoms with E-state index in [0.29, 0.717) is 19.7 Å². The highest BCUT2D eigenvalue weighted by molar-refractivity contribution is 7.98. The molecular formula is C17H24N2O3S. The molecule has 1 aromatic carbocycles. The Bertz CT molecular complexity index is 533. The van der Waals surface area contributed by atoms with Gasteiger partial charge < -0.3 is 15.0 Å². The van der Waals surface area contributed by atoms with E-state index < -0.39 is 6.04 Å². The lowest BCUT2D eigenvalue weighted by molar-refractivity contribution is -0.146. The summed E-state index contributed by atoms with van der Waals surface area (Å²) in [7, 11) is 0. The Labute approximate surface area is 141 Å². The number of thioether (sulfide) groups is 1. The molecule has 126 valence electrons. The summed E-state index contributed by atoms with van der Waals surface area (Å²) in [5, 5.41) is 2.90. The summed E-state index contributed by atoms with van der Waals surface area (Å²) >= 11 is 1.78. The van der Waals surface area contributed by atoms with Gasteiger partial charge in [-0.05, 0) is 12.5 Å². The number of morpholine rings is 1. The fourth-order valence-corrected chi connectivity index (χ4v) is 3.26. The van der Waals surface area contributed by atoms with E-state index in [9.17, 15) is 9.59 Å². The monoisotopic (exact) mass is 336 g/mol. The van der Waals surface area contributed by atoms with Crippen LogP contribution in [0.3, 0.4) is 0 Å². The van der Waals surface area contributed by atoms with Gasteiger partial charge in [-0.3, -0.25) is 9.59 Å². The fourth-order valence-electron chi connectivity index (χ4n) is 2.44. The largest absolute Gasteiger partial charge is 0.377 e. The Balaban J connectivity index is 1.67. The minimum absolute atomic E-state index is 0.0813. The van der Waals surface area contributed by atoms with Crippen molar-refractivity contribution in [1.29, 1.82) is 0 Å². The van der Waals surface area contributed by atoms with Crippen LogP contribution in [0.4, 0.5) is 0 Å². The Hall–Kier alpha value is -1.53. The first-order valence-corrected chi connectivity index (χ1v) is 8.99. The van der Waals surface area contributed by atoms with Crippen LogP contribution in [0.1, 0.15) is 18.1 Å². The number of rotatable bonds is 6. The molecule has 1 heterocycles. The van der Waals surface area contributed by atoms with Gasteiger partial charge in [0.25, 0.3) is 0 Å². The molecular weight excluding hydrogens is 312 g/mol. The Morgan fingerprint density at radius 1 is 1.35 bits per heavy atom. The zero-order valence-corrected chi connectivity index (χ0v) is 14.5. The summed E-state index contributed by atoms with van der Waals surface area (Å²) < 4.78 is 5.32. The van der Waals surface area contributed by atoms with Crippen molar-refractivity contribution in [1.82, 2.24) is 10.2 Å². The number of nitrogens with zero attached hydrogens (tertiary/aromatic N) is 1. The third-order valence-corrected chi connectivity index (χ3v) is 4.80. The van der Waals surface area contributed by atoms with Crippen LogP contribution in [-0.2, 0) is 20.1 Å². The quantitative estimate of drug-likeness (QED) is 0.802. The minimum atomic E-state index is -0.497. The SMILES string of the molecule is CC(=O)N1CCOCC1C(=O)NCCSCc1ccc(C)cc1. The maximum absolute atomic E-state index is 12.2. The Kier molecular flexibility index (Phi) is 6.92. The van der Waals surface area contributed by atoms with Crippen molar-refractivity contribution in [3.63, 3.8) is 0 Å². The number of hydrogen-bond acceptors (Lipinski definition) is 4. The highest BCUT2D eigenvalue weighted by Gasteiger charge is 2.30. The van der Waals surface area contributed by atoms with Gasteiger partial charge in [-0.25, -0.2) is 0 Å². The third-order valence-electron chi connectivity index (χ3n) is 3.77. The first-order chi connectivity index (χ1) is 11.1. The molecule has 5 nitrogen and oxygen atoms in total. The van der Waals surface area contributed by atoms with Gasteiger partial charge in [0.15, 0.2) is 0 Å². The van der Waals surface area contributed by atoms with Crippen LogP contribution in [-0.4, -0.2) is 54.8 Å². The summed E-state index contributed by atoms with van der Waals surface area (Å²) in [6, 6.07) is 7.98. The molecule has 6 heteroatoms. The number of aryl methyl sites for hydroxylation is 1. The molecule has 0 aromatic heterocycles. The lowest BCUT2D eigenvalue weighted by Gasteiger charge is -2.33. The van der Waals surface area contributed by atoms with Crippen LogP contribution >= 0.6 is 11.8 Å². The van der Waals surface area contributed by atoms with Crippen molar-refractivity contribution >= 4 is 23.6 Å². The summed E-state index contributed by atoms with van der Waals surface area (Å²) in [6.45, 7) is 5.42. The molecule has 0 spiro atoms. The molecule has 1 aliphatic heterocycles. The first-order valence-electron chi connectivity index (χ1n) is 7.84. The topological polar surface area (TPSA) is 58.6 Å². The van der Waals surface area contributed by atoms with E-state index in [1.54, 1.807) is 16.7 Å². The van der Waals surface area contributed by atoms with Gasteiger partial charge in [0, 0.05) is 31.5 Å². The highest BCUT2D eigenvalue weighted by Crippen LogP contribution is 2.12. The second kappa shape index (κ2) is 8.93. The van der Waals surface area contributed by atoms with Gasteiger partial charge in [0.1, 0.15) is 6.04 Å². The number of hydrogen-bond donors (Lipinski definition) is 1. The van der Waals surface area contributed by atoms with Crippen LogP contribution in [0.25, 0.3) is 0 Å². The average Bonchev–Trinajstić information content (AvgIpc) is 2.56. The van der Waals surface area contributed by atoms with Crippen molar-refractivity contribution in [3.8, 4) is 0 Å². The van der Waals surface area contributed by atoms with Gasteiger partial charge >= 0.3 is 0 Å². The van der Waals surface area contributed by atoms with Crippen LogP contribution in [0.5, 0.6) is 0 Å². The molecule has 1 N–H and O–H groups in total. The molecule has 1 atom stereocenters. The number of carbonyl (C=O) groups excluding carboxylic acids is 2. The highest BCUT2D eigenvalue weighted by atomic mass is 32.2. The van der Waals surface area contributed by atoms with Crippen molar-refractivity contribution in [2.75, 3.05) is 32.1 Å². The molecule has 0 aliphatic carbocycles. The zero-order valence-electron chi connectivity index (χ0n) is 13.7. The van der Waals surface area contributed by atoms with E-state index in [0.717, 1.165) is 11.5 Å². The standard InChI is InChI=1S/C17H24N2O3S/c1-13-3-5-15(6-4-13)12-23-10-7-18-17(21)16-11-22-9-8-19(16)14(2)20/h3-6,16H,7-12H2,1-2H3,(H,18,21). The smallest absolute Gasteiger partial charge is 0.245 e. The number of ether oxygens (including phenoxy) is 1. The van der Waals surface area contributed by atoms with E-state index in [4.69, 9.17) is 4.74 Å². The van der Waals surface area contributed by atoms with Crippen LogP contribution in [0, 0.1) is 6.92 Å². The molecule has 1 fully saturated rings. The molecule has 1 aromatic rings. The third kappa shape index (κ3) is 5.55. The van der Waals surface area contributed by atoms with Gasteiger partial charge in [-0.2, -0.15) is 11.8 Å². The van der Waals surface area contributed by atoms with Crippen molar-refractivity contribution in [3.05, 3.63) is 35.4 Å². The summed E-state index contributed by atoms with van der Waals surface area (Å²) in [5.74, 6) is 1.56. The van der Waals surface area contributed by atoms with E-state index in [2.05, 4.69) is 36.5 Å². The summed E-state index contributed by atoms with van der Waals surface area (Å²) in [5.41, 5.74) is 2.55. The van der Waals surface area contributed by atoms with Gasteiger partial charge in [-0.15, -0.1) is 0 Å². The molecule has 1 aliphatic rings. The van der Waals surface area contributed by atoms with E-state index >= 15 is 0 Å². The van der Waals surface area contributed by atoms with Crippen LogP contribution in [0.15, 0.2) is 24.3 Å². The fraction of sp³-hybridized carbons (Fsp3) is 0.529. The molecule has 1 saturated heterocycles. The van der Waals surface area contributed by atoms with Gasteiger partial charge in [0.2, 0.25) is 11.8 Å². The molecule has 0 saturated carbocycles. The van der Waals surface area contributed by atoms with E-state index in [1.165, 1.54) is 18.1 Å². The second-order valence-corrected chi connectivity index (χ2v) is 6.74. The van der Waals surface area contributed by atoms with Crippen LogP contribution < -0.4 is 5.32 Å². The van der Waals surface area contributed by atoms with E-state index in [1.807, 2.05) is 0 Å². The summed E-state index contributed by atoms with van der Waals surface area (Å²) in [6.07, 6.45) is 0. The lowest BCUT2D eigenvalue weighted by atomic mass is 10.2. The number of amides is 2. The Morgan fingerprint density at radius 3 is 2.78 bits per heavy atom. The normalized spacial score (nSPS) is 17.8.